The molecule has 1 aromatic rings. The molecule has 0 aliphatic rings. The van der Waals surface area contributed by atoms with Gasteiger partial charge in [0.2, 0.25) is 10.0 Å². The van der Waals surface area contributed by atoms with Gasteiger partial charge in [0, 0.05) is 17.6 Å². The topological polar surface area (TPSA) is 37.4 Å². The lowest BCUT2D eigenvalue weighted by Gasteiger charge is -2.22. The first-order chi connectivity index (χ1) is 9.43. The summed E-state index contributed by atoms with van der Waals surface area (Å²) in [6.45, 7) is 5.26. The van der Waals surface area contributed by atoms with E-state index in [0.717, 1.165) is 25.7 Å². The zero-order valence-electron chi connectivity index (χ0n) is 11.9. The molecule has 0 aromatic heterocycles. The highest BCUT2D eigenvalue weighted by molar-refractivity contribution is 9.10. The minimum Gasteiger partial charge on any atom is -0.207 e. The third-order valence-electron chi connectivity index (χ3n) is 3.05. The third kappa shape index (κ3) is 4.72. The van der Waals surface area contributed by atoms with E-state index in [4.69, 9.17) is 11.6 Å². The predicted octanol–water partition coefficient (Wildman–Crippen LogP) is 4.69. The monoisotopic (exact) mass is 381 g/mol. The van der Waals surface area contributed by atoms with Crippen molar-refractivity contribution < 1.29 is 8.42 Å². The average Bonchev–Trinajstić information content (AvgIpc) is 2.41. The van der Waals surface area contributed by atoms with Crippen molar-refractivity contribution in [1.82, 2.24) is 4.31 Å². The largest absolute Gasteiger partial charge is 0.243 e. The highest BCUT2D eigenvalue weighted by Gasteiger charge is 2.24. The summed E-state index contributed by atoms with van der Waals surface area (Å²) in [5.74, 6) is 0. The van der Waals surface area contributed by atoms with Crippen LogP contribution in [0.15, 0.2) is 27.6 Å². The minimum absolute atomic E-state index is 0.293. The number of nitrogens with zero attached hydrogens (tertiary/aromatic N) is 1. The van der Waals surface area contributed by atoms with Gasteiger partial charge in [0.1, 0.15) is 0 Å². The van der Waals surface area contributed by atoms with Gasteiger partial charge < -0.3 is 0 Å². The molecule has 0 N–H and O–H groups in total. The van der Waals surface area contributed by atoms with Crippen LogP contribution in [-0.2, 0) is 10.0 Å². The first-order valence-electron chi connectivity index (χ1n) is 6.88. The van der Waals surface area contributed by atoms with E-state index in [2.05, 4.69) is 29.8 Å². The second-order valence-electron chi connectivity index (χ2n) is 4.69. The zero-order valence-corrected chi connectivity index (χ0v) is 15.1. The van der Waals surface area contributed by atoms with Crippen LogP contribution in [0, 0.1) is 0 Å². The van der Waals surface area contributed by atoms with Gasteiger partial charge in [0.05, 0.1) is 9.92 Å². The van der Waals surface area contributed by atoms with Crippen LogP contribution in [0.2, 0.25) is 5.02 Å². The van der Waals surface area contributed by atoms with Crippen molar-refractivity contribution >= 4 is 37.6 Å². The van der Waals surface area contributed by atoms with Crippen LogP contribution < -0.4 is 0 Å². The summed E-state index contributed by atoms with van der Waals surface area (Å²) in [5.41, 5.74) is 0. The molecule has 1 rings (SSSR count). The number of rotatable bonds is 8. The summed E-state index contributed by atoms with van der Waals surface area (Å²) in [4.78, 5) is 0.293. The van der Waals surface area contributed by atoms with Crippen LogP contribution >= 0.6 is 27.5 Å². The van der Waals surface area contributed by atoms with Crippen LogP contribution in [0.4, 0.5) is 0 Å². The maximum absolute atomic E-state index is 12.7. The molecular weight excluding hydrogens is 362 g/mol. The summed E-state index contributed by atoms with van der Waals surface area (Å²) < 4.78 is 27.5. The first kappa shape index (κ1) is 18.0. The minimum atomic E-state index is -3.44. The number of hydrogen-bond acceptors (Lipinski definition) is 2. The molecule has 0 radical (unpaired) electrons. The second kappa shape index (κ2) is 8.37. The number of hydrogen-bond donors (Lipinski definition) is 0. The Bertz CT molecular complexity index is 526. The van der Waals surface area contributed by atoms with Gasteiger partial charge in [0.15, 0.2) is 0 Å². The quantitative estimate of drug-likeness (QED) is 0.654. The van der Waals surface area contributed by atoms with Gasteiger partial charge in [-0.3, -0.25) is 0 Å². The highest BCUT2D eigenvalue weighted by atomic mass is 79.9. The molecular formula is C14H21BrClNO2S. The summed E-state index contributed by atoms with van der Waals surface area (Å²) >= 11 is 9.20. The molecule has 0 heterocycles. The molecule has 0 fully saturated rings. The molecule has 6 heteroatoms. The molecule has 0 bridgehead atoms. The fourth-order valence-corrected chi connectivity index (χ4v) is 4.00. The Hall–Kier alpha value is -0.100. The Balaban J connectivity index is 3.03. The first-order valence-corrected chi connectivity index (χ1v) is 9.49. The number of unbranched alkanes of at least 4 members (excludes halogenated alkanes) is 2. The van der Waals surface area contributed by atoms with Crippen molar-refractivity contribution in [3.8, 4) is 0 Å². The van der Waals surface area contributed by atoms with E-state index < -0.39 is 10.0 Å². The molecule has 0 aliphatic carbocycles. The smallest absolute Gasteiger partial charge is 0.207 e. The molecule has 3 nitrogen and oxygen atoms in total. The average molecular weight is 383 g/mol. The van der Waals surface area contributed by atoms with Gasteiger partial charge in [-0.2, -0.15) is 4.31 Å². The number of sulfonamides is 1. The fraction of sp³-hybridized carbons (Fsp3) is 0.571. The molecule has 0 saturated heterocycles. The maximum Gasteiger partial charge on any atom is 0.243 e. The van der Waals surface area contributed by atoms with E-state index in [-0.39, 0.29) is 0 Å². The predicted molar refractivity (Wildman–Crippen MR) is 87.7 cm³/mol. The molecule has 0 spiro atoms. The lowest BCUT2D eigenvalue weighted by molar-refractivity contribution is 0.395. The standard InChI is InChI=1S/C14H21BrClNO2S/c1-3-5-9-17(10-6-4-2)20(18,19)12-7-8-14(16)13(15)11-12/h7-8,11H,3-6,9-10H2,1-2H3. The molecule has 0 unspecified atom stereocenters. The summed E-state index contributed by atoms with van der Waals surface area (Å²) in [6.07, 6.45) is 3.69. The van der Waals surface area contributed by atoms with Crippen molar-refractivity contribution in [2.24, 2.45) is 0 Å². The van der Waals surface area contributed by atoms with E-state index in [1.807, 2.05) is 0 Å². The molecule has 0 atom stereocenters. The highest BCUT2D eigenvalue weighted by Crippen LogP contribution is 2.27. The molecule has 0 amide bonds. The van der Waals surface area contributed by atoms with Crippen molar-refractivity contribution in [2.45, 2.75) is 44.4 Å². The number of benzene rings is 1. The van der Waals surface area contributed by atoms with Crippen molar-refractivity contribution in [1.29, 1.82) is 0 Å². The van der Waals surface area contributed by atoms with Gasteiger partial charge in [-0.1, -0.05) is 38.3 Å². The summed E-state index contributed by atoms with van der Waals surface area (Å²) in [7, 11) is -3.44. The molecule has 1 aromatic carbocycles. The summed E-state index contributed by atoms with van der Waals surface area (Å²) in [5, 5.41) is 0.512. The normalized spacial score (nSPS) is 12.1. The zero-order chi connectivity index (χ0) is 15.2. The molecule has 114 valence electrons. The van der Waals surface area contributed by atoms with Crippen LogP contribution in [0.3, 0.4) is 0 Å². The van der Waals surface area contributed by atoms with Crippen molar-refractivity contribution in [3.63, 3.8) is 0 Å². The fourth-order valence-electron chi connectivity index (χ4n) is 1.81. The number of halogens is 2. The molecule has 0 saturated carbocycles. The Morgan fingerprint density at radius 1 is 1.15 bits per heavy atom. The van der Waals surface area contributed by atoms with Crippen molar-refractivity contribution in [2.75, 3.05) is 13.1 Å². The van der Waals surface area contributed by atoms with Gasteiger partial charge >= 0.3 is 0 Å². The molecule has 20 heavy (non-hydrogen) atoms. The van der Waals surface area contributed by atoms with Crippen LogP contribution in [0.5, 0.6) is 0 Å². The lowest BCUT2D eigenvalue weighted by Crippen LogP contribution is -2.33. The van der Waals surface area contributed by atoms with Gasteiger partial charge in [-0.25, -0.2) is 8.42 Å². The van der Waals surface area contributed by atoms with E-state index in [9.17, 15) is 8.42 Å². The second-order valence-corrected chi connectivity index (χ2v) is 7.89. The van der Waals surface area contributed by atoms with E-state index >= 15 is 0 Å². The van der Waals surface area contributed by atoms with Crippen molar-refractivity contribution in [3.05, 3.63) is 27.7 Å². The Morgan fingerprint density at radius 3 is 2.15 bits per heavy atom. The van der Waals surface area contributed by atoms with Gasteiger partial charge in [0.25, 0.3) is 0 Å². The van der Waals surface area contributed by atoms with E-state index in [1.165, 1.54) is 0 Å². The van der Waals surface area contributed by atoms with E-state index in [1.54, 1.807) is 22.5 Å². The summed E-state index contributed by atoms with van der Waals surface area (Å²) in [6, 6.07) is 4.74. The SMILES string of the molecule is CCCCN(CCCC)S(=O)(=O)c1ccc(Cl)c(Br)c1. The van der Waals surface area contributed by atoms with Crippen LogP contribution in [0.1, 0.15) is 39.5 Å². The van der Waals surface area contributed by atoms with Crippen LogP contribution in [-0.4, -0.2) is 25.8 Å². The Kier molecular flexibility index (Phi) is 7.51. The molecule has 0 aliphatic heterocycles. The van der Waals surface area contributed by atoms with E-state index in [0.29, 0.717) is 27.5 Å². The Labute approximate surface area is 135 Å². The maximum atomic E-state index is 12.7. The third-order valence-corrected chi connectivity index (χ3v) is 6.16. The van der Waals surface area contributed by atoms with Crippen LogP contribution in [0.25, 0.3) is 0 Å². The Morgan fingerprint density at radius 2 is 1.70 bits per heavy atom. The van der Waals surface area contributed by atoms with Gasteiger partial charge in [-0.05, 0) is 47.0 Å². The lowest BCUT2D eigenvalue weighted by atomic mass is 10.3. The van der Waals surface area contributed by atoms with Gasteiger partial charge in [-0.15, -0.1) is 0 Å².